The number of halogens is 2. The first kappa shape index (κ1) is 23.6. The minimum Gasteiger partial charge on any atom is -0.493 e. The number of carboxylic acids is 1. The summed E-state index contributed by atoms with van der Waals surface area (Å²) in [6.45, 7) is 3.51. The molecule has 10 heteroatoms. The minimum atomic E-state index is -1.08. The van der Waals surface area contributed by atoms with Crippen LogP contribution in [0.2, 0.25) is 0 Å². The topological polar surface area (TPSA) is 97.2 Å². The molecule has 3 rings (SSSR count). The number of amides is 1. The van der Waals surface area contributed by atoms with Crippen molar-refractivity contribution in [2.75, 3.05) is 13.7 Å². The maximum absolute atomic E-state index is 12.4. The standard InChI is InChI=1S/C21H18BrIN2O5S/c1-10-4-13(5-11(2)18(10)22)24-21-25-20(28)16(31-21)8-12-6-14(23)19(15(7-12)29-3)30-9-17(26)27/h4-8H,9H2,1-3H3,(H,26,27)(H,24,25,28)/b16-8-. The Hall–Kier alpha value is -2.05. The number of rotatable bonds is 6. The van der Waals surface area contributed by atoms with Crippen LogP contribution in [0.15, 0.2) is 38.6 Å². The summed E-state index contributed by atoms with van der Waals surface area (Å²) >= 11 is 6.83. The van der Waals surface area contributed by atoms with Crippen molar-refractivity contribution in [2.45, 2.75) is 13.8 Å². The molecule has 162 valence electrons. The summed E-state index contributed by atoms with van der Waals surface area (Å²) in [4.78, 5) is 28.3. The van der Waals surface area contributed by atoms with Crippen LogP contribution >= 0.6 is 50.3 Å². The first-order chi connectivity index (χ1) is 14.7. The number of aliphatic imine (C=N–C) groups is 1. The number of thioether (sulfide) groups is 1. The van der Waals surface area contributed by atoms with Crippen LogP contribution in [0.5, 0.6) is 11.5 Å². The monoisotopic (exact) mass is 616 g/mol. The Balaban J connectivity index is 1.86. The number of nitrogens with zero attached hydrogens (tertiary/aromatic N) is 1. The molecular formula is C21H18BrIN2O5S. The van der Waals surface area contributed by atoms with Crippen LogP contribution in [-0.2, 0) is 9.59 Å². The number of aryl methyl sites for hydroxylation is 2. The summed E-state index contributed by atoms with van der Waals surface area (Å²) in [6.07, 6.45) is 1.73. The Bertz CT molecular complexity index is 1110. The lowest BCUT2D eigenvalue weighted by Crippen LogP contribution is -2.19. The van der Waals surface area contributed by atoms with Gasteiger partial charge in [-0.25, -0.2) is 9.79 Å². The van der Waals surface area contributed by atoms with Crippen LogP contribution in [0.4, 0.5) is 5.69 Å². The van der Waals surface area contributed by atoms with Gasteiger partial charge in [0.05, 0.1) is 21.3 Å². The van der Waals surface area contributed by atoms with Gasteiger partial charge in [-0.1, -0.05) is 15.9 Å². The van der Waals surface area contributed by atoms with Gasteiger partial charge in [-0.15, -0.1) is 0 Å². The molecule has 0 radical (unpaired) electrons. The second kappa shape index (κ2) is 10.0. The number of carbonyl (C=O) groups excluding carboxylic acids is 1. The summed E-state index contributed by atoms with van der Waals surface area (Å²) in [6, 6.07) is 7.37. The van der Waals surface area contributed by atoms with E-state index in [1.165, 1.54) is 18.9 Å². The lowest BCUT2D eigenvalue weighted by atomic mass is 10.1. The van der Waals surface area contributed by atoms with Crippen LogP contribution in [0.3, 0.4) is 0 Å². The van der Waals surface area contributed by atoms with Gasteiger partial charge < -0.3 is 19.9 Å². The minimum absolute atomic E-state index is 0.241. The lowest BCUT2D eigenvalue weighted by Gasteiger charge is -2.12. The van der Waals surface area contributed by atoms with Crippen molar-refractivity contribution < 1.29 is 24.2 Å². The van der Waals surface area contributed by atoms with Gasteiger partial charge in [0.15, 0.2) is 23.3 Å². The fourth-order valence-electron chi connectivity index (χ4n) is 2.83. The molecule has 1 amide bonds. The van der Waals surface area contributed by atoms with E-state index in [-0.39, 0.29) is 5.91 Å². The Morgan fingerprint density at radius 1 is 1.29 bits per heavy atom. The molecule has 0 saturated carbocycles. The van der Waals surface area contributed by atoms with E-state index >= 15 is 0 Å². The summed E-state index contributed by atoms with van der Waals surface area (Å²) in [5, 5.41) is 12.1. The second-order valence-electron chi connectivity index (χ2n) is 6.59. The van der Waals surface area contributed by atoms with E-state index in [9.17, 15) is 9.59 Å². The van der Waals surface area contributed by atoms with Gasteiger partial charge in [0.1, 0.15) is 0 Å². The van der Waals surface area contributed by atoms with Crippen molar-refractivity contribution in [1.82, 2.24) is 5.32 Å². The van der Waals surface area contributed by atoms with Crippen molar-refractivity contribution in [1.29, 1.82) is 0 Å². The highest BCUT2D eigenvalue weighted by Crippen LogP contribution is 2.36. The molecule has 0 atom stereocenters. The van der Waals surface area contributed by atoms with Gasteiger partial charge in [-0.2, -0.15) is 0 Å². The van der Waals surface area contributed by atoms with Gasteiger partial charge in [0, 0.05) is 4.47 Å². The Morgan fingerprint density at radius 2 is 1.97 bits per heavy atom. The Kier molecular flexibility index (Phi) is 7.65. The SMILES string of the molecule is COc1cc(/C=C2\SC(=Nc3cc(C)c(Br)c(C)c3)NC2=O)cc(I)c1OCC(=O)O. The first-order valence-corrected chi connectivity index (χ1v) is 11.6. The Morgan fingerprint density at radius 3 is 2.58 bits per heavy atom. The predicted octanol–water partition coefficient (Wildman–Crippen LogP) is 5.03. The predicted molar refractivity (Wildman–Crippen MR) is 133 cm³/mol. The molecule has 1 heterocycles. The van der Waals surface area contributed by atoms with Crippen LogP contribution < -0.4 is 14.8 Å². The van der Waals surface area contributed by atoms with Gasteiger partial charge in [-0.3, -0.25) is 4.79 Å². The third-order valence-corrected chi connectivity index (χ3v) is 7.15. The number of nitrogens with one attached hydrogen (secondary N) is 1. The van der Waals surface area contributed by atoms with Gasteiger partial charge in [-0.05, 0) is 95.2 Å². The number of aliphatic carboxylic acids is 1. The average Bonchev–Trinajstić information content (AvgIpc) is 3.03. The first-order valence-electron chi connectivity index (χ1n) is 8.96. The lowest BCUT2D eigenvalue weighted by molar-refractivity contribution is -0.139. The second-order valence-corrected chi connectivity index (χ2v) is 9.58. The molecule has 7 nitrogen and oxygen atoms in total. The maximum atomic E-state index is 12.4. The summed E-state index contributed by atoms with van der Waals surface area (Å²) < 4.78 is 12.4. The maximum Gasteiger partial charge on any atom is 0.341 e. The number of hydrogen-bond donors (Lipinski definition) is 2. The van der Waals surface area contributed by atoms with Crippen molar-refractivity contribution in [3.8, 4) is 11.5 Å². The molecule has 1 aliphatic rings. The third-order valence-electron chi connectivity index (χ3n) is 4.19. The van der Waals surface area contributed by atoms with E-state index in [2.05, 4.69) is 26.2 Å². The third kappa shape index (κ3) is 5.80. The van der Waals surface area contributed by atoms with Crippen LogP contribution in [0.25, 0.3) is 6.08 Å². The van der Waals surface area contributed by atoms with E-state index in [1.54, 1.807) is 18.2 Å². The van der Waals surface area contributed by atoms with E-state index in [0.29, 0.717) is 25.1 Å². The molecule has 0 aliphatic carbocycles. The molecule has 2 aromatic rings. The molecule has 0 bridgehead atoms. The summed E-state index contributed by atoms with van der Waals surface area (Å²) in [5.41, 5.74) is 3.61. The number of carbonyl (C=O) groups is 2. The van der Waals surface area contributed by atoms with E-state index < -0.39 is 12.6 Å². The molecule has 31 heavy (non-hydrogen) atoms. The Labute approximate surface area is 205 Å². The van der Waals surface area contributed by atoms with Crippen molar-refractivity contribution in [2.24, 2.45) is 4.99 Å². The zero-order valence-electron chi connectivity index (χ0n) is 16.8. The number of carboxylic acid groups (broad SMARTS) is 1. The number of amidine groups is 1. The zero-order valence-corrected chi connectivity index (χ0v) is 21.3. The quantitative estimate of drug-likeness (QED) is 0.349. The molecule has 1 saturated heterocycles. The van der Waals surface area contributed by atoms with Crippen molar-refractivity contribution in [3.63, 3.8) is 0 Å². The fraction of sp³-hybridized carbons (Fsp3) is 0.190. The number of benzene rings is 2. The highest BCUT2D eigenvalue weighted by molar-refractivity contribution is 14.1. The van der Waals surface area contributed by atoms with Gasteiger partial charge in [0.2, 0.25) is 0 Å². The van der Waals surface area contributed by atoms with E-state index in [4.69, 9.17) is 14.6 Å². The highest BCUT2D eigenvalue weighted by atomic mass is 127. The fourth-order valence-corrected chi connectivity index (χ4v) is 4.69. The number of ether oxygens (including phenoxy) is 2. The summed E-state index contributed by atoms with van der Waals surface area (Å²) in [5.74, 6) is -0.585. The van der Waals surface area contributed by atoms with Crippen LogP contribution in [0.1, 0.15) is 16.7 Å². The summed E-state index contributed by atoms with van der Waals surface area (Å²) in [7, 11) is 1.47. The molecular weight excluding hydrogens is 599 g/mol. The largest absolute Gasteiger partial charge is 0.493 e. The average molecular weight is 617 g/mol. The zero-order chi connectivity index (χ0) is 22.7. The van der Waals surface area contributed by atoms with Gasteiger partial charge >= 0.3 is 5.97 Å². The normalized spacial score (nSPS) is 16.0. The molecule has 2 N–H and O–H groups in total. The van der Waals surface area contributed by atoms with Crippen LogP contribution in [0, 0.1) is 17.4 Å². The number of hydrogen-bond acceptors (Lipinski definition) is 6. The van der Waals surface area contributed by atoms with E-state index in [1.807, 2.05) is 48.6 Å². The van der Waals surface area contributed by atoms with Crippen molar-refractivity contribution in [3.05, 3.63) is 53.9 Å². The smallest absolute Gasteiger partial charge is 0.341 e. The van der Waals surface area contributed by atoms with Gasteiger partial charge in [0.25, 0.3) is 5.91 Å². The van der Waals surface area contributed by atoms with Crippen LogP contribution in [-0.4, -0.2) is 35.9 Å². The molecule has 1 fully saturated rings. The molecule has 1 aliphatic heterocycles. The molecule has 2 aromatic carbocycles. The van der Waals surface area contributed by atoms with Crippen molar-refractivity contribution >= 4 is 79.1 Å². The number of methoxy groups -OCH3 is 1. The molecule has 0 aromatic heterocycles. The van der Waals surface area contributed by atoms with E-state index in [0.717, 1.165) is 26.9 Å². The molecule has 0 unspecified atom stereocenters. The molecule has 0 spiro atoms. The highest BCUT2D eigenvalue weighted by Gasteiger charge is 2.24.